The highest BCUT2D eigenvalue weighted by molar-refractivity contribution is 6.20. The minimum atomic E-state index is -3.11. The van der Waals surface area contributed by atoms with Crippen molar-refractivity contribution in [1.82, 2.24) is 0 Å². The van der Waals surface area contributed by atoms with Crippen LogP contribution in [-0.4, -0.2) is 47.1 Å². The second-order valence-corrected chi connectivity index (χ2v) is 18.9. The van der Waals surface area contributed by atoms with Gasteiger partial charge in [-0.05, 0) is 100 Å². The Morgan fingerprint density at radius 2 is 0.838 bits per heavy atom. The van der Waals surface area contributed by atoms with E-state index in [1.807, 2.05) is 127 Å². The van der Waals surface area contributed by atoms with Crippen LogP contribution in [0.5, 0.6) is 0 Å². The highest BCUT2D eigenvalue weighted by atomic mass is 19.3. The minimum absolute atomic E-state index is 0.0211. The summed E-state index contributed by atoms with van der Waals surface area (Å²) in [5, 5.41) is 12.0. The number of alkyl halides is 2. The third-order valence-electron chi connectivity index (χ3n) is 14.1. The van der Waals surface area contributed by atoms with Crippen LogP contribution >= 0.6 is 0 Å². The Labute approximate surface area is 430 Å². The summed E-state index contributed by atoms with van der Waals surface area (Å²) in [6.45, 7) is 0. The number of aliphatic carboxylic acids is 1. The average molecular weight is 981 g/mol. The van der Waals surface area contributed by atoms with Gasteiger partial charge in [0.1, 0.15) is 0 Å². The zero-order valence-corrected chi connectivity index (χ0v) is 40.8. The maximum Gasteiger partial charge on any atom is 0.334 e. The van der Waals surface area contributed by atoms with Crippen LogP contribution in [0.4, 0.5) is 8.78 Å². The third kappa shape index (κ3) is 10.8. The molecule has 0 heterocycles. The molecule has 2 atom stereocenters. The number of benzene rings is 6. The lowest BCUT2D eigenvalue weighted by atomic mass is 9.50. The van der Waals surface area contributed by atoms with E-state index in [9.17, 15) is 9.90 Å². The first kappa shape index (κ1) is 50.5. The molecule has 0 amide bonds. The normalized spacial score (nSPS) is 20.4. The number of carboxylic acid groups (broad SMARTS) is 1. The molecule has 3 aliphatic rings. The van der Waals surface area contributed by atoms with Crippen molar-refractivity contribution in [3.8, 4) is 0 Å². The monoisotopic (exact) mass is 980 g/mol. The summed E-state index contributed by atoms with van der Waals surface area (Å²) >= 11 is 0. The predicted octanol–water partition coefficient (Wildman–Crippen LogP) is 14.2. The van der Waals surface area contributed by atoms with Crippen molar-refractivity contribution in [2.75, 3.05) is 7.11 Å². The van der Waals surface area contributed by atoms with Crippen molar-refractivity contribution in [2.45, 2.75) is 37.2 Å². The molecule has 8 heteroatoms. The van der Waals surface area contributed by atoms with E-state index >= 15 is 23.2 Å². The fourth-order valence-electron chi connectivity index (χ4n) is 10.5. The second kappa shape index (κ2) is 22.1. The van der Waals surface area contributed by atoms with Crippen LogP contribution in [-0.2, 0) is 23.9 Å². The Balaban J connectivity index is 1.50. The lowest BCUT2D eigenvalue weighted by Crippen LogP contribution is -2.55. The van der Waals surface area contributed by atoms with Crippen LogP contribution in [0.15, 0.2) is 240 Å². The van der Waals surface area contributed by atoms with Gasteiger partial charge in [-0.3, -0.25) is 14.4 Å². The molecule has 0 spiro atoms. The molecular formula is C66H54F2O6. The standard InChI is InChI=1S/C66H54F2O6/c1-74-66(56(42-51-30-18-7-19-31-51)60(71)39-34-48-24-12-4-13-25-48)57(63(72)73)45-65(52-35-36-52,53-43-64(67,68)44-53)61(54(40-49-26-14-5-15-27-49)58(69)37-32-46-20-8-2-9-21-46)62(66)55(41-50-28-16-6-17-29-50)59(70)38-33-47-22-10-3-11-23-47/h2-34,37-42,45,52-53H,35-36,43-44H2,1H3,(H,72,73). The summed E-state index contributed by atoms with van der Waals surface area (Å²) < 4.78 is 38.5. The lowest BCUT2D eigenvalue weighted by Gasteiger charge is -2.55. The van der Waals surface area contributed by atoms with Crippen molar-refractivity contribution in [3.63, 3.8) is 0 Å². The van der Waals surface area contributed by atoms with Gasteiger partial charge in [-0.1, -0.05) is 206 Å². The molecular weight excluding hydrogens is 927 g/mol. The number of carboxylic acids is 1. The zero-order chi connectivity index (χ0) is 51.7. The number of halogens is 2. The van der Waals surface area contributed by atoms with Gasteiger partial charge in [-0.2, -0.15) is 0 Å². The van der Waals surface area contributed by atoms with E-state index in [4.69, 9.17) is 4.74 Å². The molecule has 0 saturated heterocycles. The van der Waals surface area contributed by atoms with Gasteiger partial charge in [0.25, 0.3) is 0 Å². The summed E-state index contributed by atoms with van der Waals surface area (Å²) in [6, 6.07) is 54.4. The summed E-state index contributed by atoms with van der Waals surface area (Å²) in [5.74, 6) is -7.85. The molecule has 3 aliphatic carbocycles. The van der Waals surface area contributed by atoms with Gasteiger partial charge >= 0.3 is 5.97 Å². The number of carbonyl (C=O) groups is 4. The summed E-state index contributed by atoms with van der Waals surface area (Å²) in [5.41, 5.74) is -1.20. The molecule has 0 aromatic heterocycles. The molecule has 74 heavy (non-hydrogen) atoms. The van der Waals surface area contributed by atoms with E-state index in [-0.39, 0.29) is 27.9 Å². The highest BCUT2D eigenvalue weighted by Gasteiger charge is 2.66. The minimum Gasteiger partial charge on any atom is -0.478 e. The van der Waals surface area contributed by atoms with Gasteiger partial charge in [0.2, 0.25) is 5.92 Å². The molecule has 0 bridgehead atoms. The van der Waals surface area contributed by atoms with Crippen LogP contribution in [0.3, 0.4) is 0 Å². The molecule has 2 fully saturated rings. The molecule has 1 N–H and O–H groups in total. The summed E-state index contributed by atoms with van der Waals surface area (Å²) in [4.78, 5) is 62.3. The van der Waals surface area contributed by atoms with Crippen LogP contribution in [0.25, 0.3) is 36.5 Å². The summed E-state index contributed by atoms with van der Waals surface area (Å²) in [6.07, 6.45) is 15.2. The molecule has 9 rings (SSSR count). The fraction of sp³-hybridized carbons (Fsp3) is 0.152. The zero-order valence-electron chi connectivity index (χ0n) is 40.8. The van der Waals surface area contributed by atoms with Crippen LogP contribution in [0, 0.1) is 17.3 Å². The molecule has 6 aromatic carbocycles. The third-order valence-corrected chi connectivity index (χ3v) is 14.1. The lowest BCUT2D eigenvalue weighted by molar-refractivity contribution is -0.140. The van der Waals surface area contributed by atoms with Crippen molar-refractivity contribution in [2.24, 2.45) is 17.3 Å². The molecule has 368 valence electrons. The molecule has 6 nitrogen and oxygen atoms in total. The molecule has 6 aromatic rings. The molecule has 0 aliphatic heterocycles. The van der Waals surface area contributed by atoms with E-state index < -0.39 is 70.5 Å². The van der Waals surface area contributed by atoms with E-state index in [0.717, 1.165) is 0 Å². The van der Waals surface area contributed by atoms with Crippen molar-refractivity contribution in [3.05, 3.63) is 273 Å². The first-order valence-corrected chi connectivity index (χ1v) is 24.7. The maximum atomic E-state index is 16.0. The average Bonchev–Trinajstić information content (AvgIpc) is 4.30. The van der Waals surface area contributed by atoms with Gasteiger partial charge in [0.15, 0.2) is 23.0 Å². The predicted molar refractivity (Wildman–Crippen MR) is 290 cm³/mol. The van der Waals surface area contributed by atoms with Crippen LogP contribution in [0.1, 0.15) is 59.1 Å². The van der Waals surface area contributed by atoms with E-state index in [0.29, 0.717) is 46.2 Å². The van der Waals surface area contributed by atoms with Crippen LogP contribution in [0.2, 0.25) is 0 Å². The number of allylic oxidation sites excluding steroid dienone is 6. The number of hydrogen-bond donors (Lipinski definition) is 1. The Bertz CT molecular complexity index is 3280. The number of carbonyl (C=O) groups excluding carboxylic acids is 3. The number of ether oxygens (including phenoxy) is 1. The smallest absolute Gasteiger partial charge is 0.334 e. The maximum absolute atomic E-state index is 16.0. The summed E-state index contributed by atoms with van der Waals surface area (Å²) in [7, 11) is 1.28. The number of hydrogen-bond acceptors (Lipinski definition) is 5. The van der Waals surface area contributed by atoms with Gasteiger partial charge in [0, 0.05) is 47.7 Å². The van der Waals surface area contributed by atoms with Gasteiger partial charge in [0.05, 0.1) is 5.57 Å². The highest BCUT2D eigenvalue weighted by Crippen LogP contribution is 2.69. The first-order valence-electron chi connectivity index (χ1n) is 24.7. The second-order valence-electron chi connectivity index (χ2n) is 18.9. The topological polar surface area (TPSA) is 97.7 Å². The van der Waals surface area contributed by atoms with Crippen molar-refractivity contribution in [1.29, 1.82) is 0 Å². The van der Waals surface area contributed by atoms with Gasteiger partial charge < -0.3 is 9.84 Å². The Morgan fingerprint density at radius 3 is 1.19 bits per heavy atom. The molecule has 2 saturated carbocycles. The molecule has 2 unspecified atom stereocenters. The van der Waals surface area contributed by atoms with Gasteiger partial charge in [-0.15, -0.1) is 0 Å². The van der Waals surface area contributed by atoms with E-state index in [2.05, 4.69) is 0 Å². The Hall–Kier alpha value is -8.46. The number of methoxy groups -OCH3 is 1. The quantitative estimate of drug-likeness (QED) is 0.0812. The first-order chi connectivity index (χ1) is 35.9. The number of ketones is 3. The van der Waals surface area contributed by atoms with E-state index in [1.54, 1.807) is 91.1 Å². The Kier molecular flexibility index (Phi) is 15.1. The SMILES string of the molecule is COC1(C(=Cc2ccccc2)C(=O)C=Cc2ccccc2)C(C(=O)O)=CC(C2CC2)(C2CC(F)(F)C2)C(C(=Cc2ccccc2)C(=O)C=Cc2ccccc2)=C1C(=Cc1ccccc1)C(=O)C=Cc1ccccc1. The van der Waals surface area contributed by atoms with Gasteiger partial charge in [-0.25, -0.2) is 13.6 Å². The van der Waals surface area contributed by atoms with Crippen LogP contribution < -0.4 is 0 Å². The largest absolute Gasteiger partial charge is 0.478 e. The van der Waals surface area contributed by atoms with Crippen molar-refractivity contribution < 1.29 is 37.8 Å². The van der Waals surface area contributed by atoms with Crippen molar-refractivity contribution >= 4 is 59.8 Å². The fourth-order valence-corrected chi connectivity index (χ4v) is 10.5. The van der Waals surface area contributed by atoms with E-state index in [1.165, 1.54) is 31.4 Å². The number of rotatable bonds is 19. The Morgan fingerprint density at radius 1 is 0.486 bits per heavy atom. The molecule has 0 radical (unpaired) electrons.